The van der Waals surface area contributed by atoms with Gasteiger partial charge in [-0.15, -0.1) is 0 Å². The molecule has 10 heteroatoms. The number of anilines is 1. The second-order valence-corrected chi connectivity index (χ2v) is 9.44. The molecule has 0 saturated carbocycles. The van der Waals surface area contributed by atoms with Crippen molar-refractivity contribution in [2.75, 3.05) is 18.4 Å². The van der Waals surface area contributed by atoms with Crippen LogP contribution in [0.25, 0.3) is 5.65 Å². The molecule has 1 aromatic carbocycles. The lowest BCUT2D eigenvalue weighted by molar-refractivity contribution is 0.178. The molecular weight excluding hydrogens is 513 g/mol. The van der Waals surface area contributed by atoms with E-state index in [1.165, 1.54) is 12.1 Å². The van der Waals surface area contributed by atoms with Gasteiger partial charge in [0.1, 0.15) is 11.6 Å². The van der Waals surface area contributed by atoms with Crippen molar-refractivity contribution in [3.05, 3.63) is 88.2 Å². The van der Waals surface area contributed by atoms with E-state index in [2.05, 4.69) is 36.6 Å². The highest BCUT2D eigenvalue weighted by Gasteiger charge is 2.27. The number of nitrogens with one attached hydrogen (secondary N) is 2. The van der Waals surface area contributed by atoms with Crippen molar-refractivity contribution < 1.29 is 9.18 Å². The average molecular weight is 538 g/mol. The van der Waals surface area contributed by atoms with Crippen LogP contribution in [0.2, 0.25) is 0 Å². The Morgan fingerprint density at radius 1 is 1.14 bits per heavy atom. The molecule has 4 aromatic rings. The molecule has 3 aromatic heterocycles. The highest BCUT2D eigenvalue weighted by Crippen LogP contribution is 2.30. The summed E-state index contributed by atoms with van der Waals surface area (Å²) in [6, 6.07) is 12.0. The van der Waals surface area contributed by atoms with Crippen LogP contribution in [0, 0.1) is 5.82 Å². The van der Waals surface area contributed by atoms with E-state index in [0.29, 0.717) is 19.6 Å². The number of likely N-dealkylation sites (tertiary alicyclic amines) is 1. The maximum Gasteiger partial charge on any atom is 0.317 e. The number of hydrogen-bond acceptors (Lipinski definition) is 5. The van der Waals surface area contributed by atoms with Gasteiger partial charge in [-0.2, -0.15) is 9.61 Å². The van der Waals surface area contributed by atoms with Gasteiger partial charge in [-0.05, 0) is 58.1 Å². The number of carbonyl (C=O) groups excluding carboxylic acids is 1. The summed E-state index contributed by atoms with van der Waals surface area (Å²) in [6.45, 7) is 2.12. The van der Waals surface area contributed by atoms with Crippen LogP contribution in [0.5, 0.6) is 0 Å². The van der Waals surface area contributed by atoms with Gasteiger partial charge in [0.25, 0.3) is 0 Å². The zero-order valence-corrected chi connectivity index (χ0v) is 20.6. The second-order valence-electron chi connectivity index (χ2n) is 8.58. The van der Waals surface area contributed by atoms with Gasteiger partial charge < -0.3 is 15.5 Å². The predicted octanol–water partition coefficient (Wildman–Crippen LogP) is 4.73. The Balaban J connectivity index is 1.31. The lowest BCUT2D eigenvalue weighted by atomic mass is 9.94. The van der Waals surface area contributed by atoms with Gasteiger partial charge in [0.15, 0.2) is 5.65 Å². The first-order valence-corrected chi connectivity index (χ1v) is 12.3. The molecule has 1 atom stereocenters. The molecule has 35 heavy (non-hydrogen) atoms. The Kier molecular flexibility index (Phi) is 6.89. The third-order valence-electron chi connectivity index (χ3n) is 6.10. The van der Waals surface area contributed by atoms with Crippen molar-refractivity contribution in [3.63, 3.8) is 0 Å². The Labute approximate surface area is 210 Å². The Hall–Kier alpha value is -3.53. The van der Waals surface area contributed by atoms with Crippen molar-refractivity contribution in [3.8, 4) is 0 Å². The summed E-state index contributed by atoms with van der Waals surface area (Å²) in [5.41, 5.74) is 3.43. The van der Waals surface area contributed by atoms with Crippen LogP contribution in [-0.2, 0) is 13.1 Å². The number of amides is 2. The third kappa shape index (κ3) is 5.43. The van der Waals surface area contributed by atoms with Crippen molar-refractivity contribution in [2.45, 2.75) is 31.8 Å². The molecular formula is C25H25BrFN7O. The lowest BCUT2D eigenvalue weighted by Crippen LogP contribution is -2.44. The summed E-state index contributed by atoms with van der Waals surface area (Å²) in [6.07, 6.45) is 7.12. The summed E-state index contributed by atoms with van der Waals surface area (Å²) in [4.78, 5) is 23.7. The number of pyridine rings is 1. The first kappa shape index (κ1) is 23.2. The van der Waals surface area contributed by atoms with E-state index in [0.717, 1.165) is 45.6 Å². The monoisotopic (exact) mass is 537 g/mol. The summed E-state index contributed by atoms with van der Waals surface area (Å²) in [7, 11) is 0. The maximum atomic E-state index is 13.4. The largest absolute Gasteiger partial charge is 0.366 e. The minimum atomic E-state index is -0.310. The first-order valence-electron chi connectivity index (χ1n) is 11.5. The van der Waals surface area contributed by atoms with E-state index in [-0.39, 0.29) is 24.3 Å². The van der Waals surface area contributed by atoms with Crippen LogP contribution >= 0.6 is 15.9 Å². The number of fused-ring (bicyclic) bond motifs is 1. The molecule has 1 fully saturated rings. The number of benzene rings is 1. The molecule has 1 aliphatic rings. The Bertz CT molecular complexity index is 1330. The molecule has 8 nitrogen and oxygen atoms in total. The Morgan fingerprint density at radius 3 is 2.86 bits per heavy atom. The topological polar surface area (TPSA) is 87.5 Å². The molecule has 0 spiro atoms. The molecule has 0 bridgehead atoms. The molecule has 4 heterocycles. The number of piperidine rings is 1. The molecule has 2 N–H and O–H groups in total. The fourth-order valence-corrected chi connectivity index (χ4v) is 4.67. The molecule has 1 unspecified atom stereocenters. The highest BCUT2D eigenvalue weighted by molar-refractivity contribution is 9.10. The number of hydrogen-bond donors (Lipinski definition) is 2. The highest BCUT2D eigenvalue weighted by atomic mass is 79.9. The second kappa shape index (κ2) is 10.4. The maximum absolute atomic E-state index is 13.4. The normalized spacial score (nSPS) is 15.8. The lowest BCUT2D eigenvalue weighted by Gasteiger charge is -2.32. The number of nitrogens with zero attached hydrogens (tertiary/aromatic N) is 5. The molecule has 5 rings (SSSR count). The smallest absolute Gasteiger partial charge is 0.317 e. The van der Waals surface area contributed by atoms with Gasteiger partial charge >= 0.3 is 6.03 Å². The molecule has 2 amide bonds. The fraction of sp³-hybridized carbons (Fsp3) is 0.280. The Morgan fingerprint density at radius 2 is 2.03 bits per heavy atom. The van der Waals surface area contributed by atoms with Gasteiger partial charge in [0.05, 0.1) is 16.4 Å². The molecule has 1 aliphatic heterocycles. The number of urea groups is 1. The van der Waals surface area contributed by atoms with E-state index >= 15 is 0 Å². The zero-order valence-electron chi connectivity index (χ0n) is 19.0. The van der Waals surface area contributed by atoms with Gasteiger partial charge in [-0.1, -0.05) is 18.2 Å². The predicted molar refractivity (Wildman–Crippen MR) is 134 cm³/mol. The number of carbonyl (C=O) groups is 1. The minimum absolute atomic E-state index is 0.0920. The van der Waals surface area contributed by atoms with Crippen LogP contribution in [0.3, 0.4) is 0 Å². The van der Waals surface area contributed by atoms with E-state index < -0.39 is 0 Å². The van der Waals surface area contributed by atoms with Gasteiger partial charge in [0, 0.05) is 50.6 Å². The summed E-state index contributed by atoms with van der Waals surface area (Å²) in [5, 5.41) is 10.8. The van der Waals surface area contributed by atoms with Crippen LogP contribution < -0.4 is 10.6 Å². The van der Waals surface area contributed by atoms with Crippen LogP contribution in [0.1, 0.15) is 35.6 Å². The molecule has 0 aliphatic carbocycles. The number of aromatic nitrogens is 4. The van der Waals surface area contributed by atoms with Crippen molar-refractivity contribution in [2.24, 2.45) is 0 Å². The standard InChI is InChI=1S/C25H25BrFN7O/c26-21-15-31-34-23(29-14-18-5-2-8-28-12-18)11-22(32-24(21)34)19-6-3-9-33(16-19)25(35)30-13-17-4-1-7-20(27)10-17/h1-2,4-5,7-8,10-12,15,19,29H,3,6,9,13-14,16H2,(H,30,35). The van der Waals surface area contributed by atoms with E-state index in [1.54, 1.807) is 29.0 Å². The quantitative estimate of drug-likeness (QED) is 0.371. The number of halogens is 2. The molecule has 1 saturated heterocycles. The first-order chi connectivity index (χ1) is 17.1. The van der Waals surface area contributed by atoms with Crippen LogP contribution in [-0.4, -0.2) is 43.6 Å². The summed E-state index contributed by atoms with van der Waals surface area (Å²) < 4.78 is 16.0. The van der Waals surface area contributed by atoms with Crippen molar-refractivity contribution in [1.29, 1.82) is 0 Å². The molecule has 180 valence electrons. The van der Waals surface area contributed by atoms with Gasteiger partial charge in [0.2, 0.25) is 0 Å². The van der Waals surface area contributed by atoms with Crippen molar-refractivity contribution in [1.82, 2.24) is 29.8 Å². The van der Waals surface area contributed by atoms with E-state index in [1.807, 2.05) is 29.3 Å². The van der Waals surface area contributed by atoms with Gasteiger partial charge in [-0.3, -0.25) is 4.98 Å². The third-order valence-corrected chi connectivity index (χ3v) is 6.66. The van der Waals surface area contributed by atoms with E-state index in [9.17, 15) is 9.18 Å². The van der Waals surface area contributed by atoms with E-state index in [4.69, 9.17) is 4.98 Å². The number of rotatable bonds is 6. The van der Waals surface area contributed by atoms with Gasteiger partial charge in [-0.25, -0.2) is 14.2 Å². The van der Waals surface area contributed by atoms with Crippen molar-refractivity contribution >= 4 is 33.4 Å². The van der Waals surface area contributed by atoms with Crippen LogP contribution in [0.15, 0.2) is 65.5 Å². The zero-order chi connectivity index (χ0) is 24.2. The summed E-state index contributed by atoms with van der Waals surface area (Å²) >= 11 is 3.55. The fourth-order valence-electron chi connectivity index (χ4n) is 4.32. The van der Waals surface area contributed by atoms with Crippen LogP contribution in [0.4, 0.5) is 15.0 Å². The minimum Gasteiger partial charge on any atom is -0.366 e. The molecule has 0 radical (unpaired) electrons. The summed E-state index contributed by atoms with van der Waals surface area (Å²) in [5.74, 6) is 0.608. The average Bonchev–Trinajstić information content (AvgIpc) is 3.27. The SMILES string of the molecule is O=C(NCc1cccc(F)c1)N1CCCC(c2cc(NCc3cccnc3)n3ncc(Br)c3n2)C1.